The van der Waals surface area contributed by atoms with Gasteiger partial charge in [0.15, 0.2) is 0 Å². The summed E-state index contributed by atoms with van der Waals surface area (Å²) in [4.78, 5) is 18.1. The summed E-state index contributed by atoms with van der Waals surface area (Å²) in [6.07, 6.45) is 1.42. The Labute approximate surface area is 111 Å². The van der Waals surface area contributed by atoms with Crippen LogP contribution in [0.4, 0.5) is 0 Å². The van der Waals surface area contributed by atoms with Crippen LogP contribution in [0.3, 0.4) is 0 Å². The number of nitro groups is 1. The van der Waals surface area contributed by atoms with Gasteiger partial charge in [0.05, 0.1) is 0 Å². The molecule has 0 aromatic carbocycles. The molecule has 100 valence electrons. The van der Waals surface area contributed by atoms with Gasteiger partial charge in [0, 0.05) is 17.7 Å². The number of pyridine rings is 1. The second kappa shape index (κ2) is 6.63. The Hall–Kier alpha value is -1.24. The van der Waals surface area contributed by atoms with Gasteiger partial charge in [-0.3, -0.25) is 19.9 Å². The van der Waals surface area contributed by atoms with Crippen molar-refractivity contribution in [1.82, 2.24) is 14.8 Å². The third kappa shape index (κ3) is 4.56. The predicted octanol–water partition coefficient (Wildman–Crippen LogP) is 1.33. The zero-order chi connectivity index (χ0) is 13.7. The topological polar surface area (TPSA) is 62.5 Å². The molecule has 0 fully saturated rings. The van der Waals surface area contributed by atoms with Crippen molar-refractivity contribution >= 4 is 11.6 Å². The molecule has 0 saturated heterocycles. The number of rotatable bonds is 6. The first-order valence-electron chi connectivity index (χ1n) is 5.49. The third-order valence-electron chi connectivity index (χ3n) is 2.64. The predicted molar refractivity (Wildman–Crippen MR) is 70.1 cm³/mol. The Bertz CT molecular complexity index is 397. The third-order valence-corrected chi connectivity index (χ3v) is 2.86. The van der Waals surface area contributed by atoms with E-state index in [-0.39, 0.29) is 17.6 Å². The molecule has 6 nitrogen and oxygen atoms in total. The van der Waals surface area contributed by atoms with E-state index in [1.165, 1.54) is 0 Å². The van der Waals surface area contributed by atoms with Gasteiger partial charge in [0.1, 0.15) is 11.3 Å². The van der Waals surface area contributed by atoms with Crippen LogP contribution in [-0.4, -0.2) is 53.6 Å². The molecule has 18 heavy (non-hydrogen) atoms. The standard InChI is InChI=1S/C11H17ClN4O2/c1-14(2)11(8-16(17)18)15(3)7-9-4-5-10(12)13-6-9/h4-6,11H,7-8H2,1-3H3. The molecule has 0 aliphatic heterocycles. The highest BCUT2D eigenvalue weighted by Gasteiger charge is 2.22. The summed E-state index contributed by atoms with van der Waals surface area (Å²) in [6, 6.07) is 3.58. The van der Waals surface area contributed by atoms with E-state index in [9.17, 15) is 10.1 Å². The van der Waals surface area contributed by atoms with Crippen molar-refractivity contribution in [2.45, 2.75) is 12.7 Å². The first-order chi connectivity index (χ1) is 8.40. The molecular formula is C11H17ClN4O2. The molecule has 1 aromatic heterocycles. The number of halogens is 1. The molecule has 0 saturated carbocycles. The van der Waals surface area contributed by atoms with Crippen molar-refractivity contribution in [2.75, 3.05) is 27.7 Å². The highest BCUT2D eigenvalue weighted by atomic mass is 35.5. The van der Waals surface area contributed by atoms with Crippen LogP contribution < -0.4 is 0 Å². The molecule has 1 rings (SSSR count). The maximum Gasteiger partial charge on any atom is 0.232 e. The van der Waals surface area contributed by atoms with Gasteiger partial charge in [0.2, 0.25) is 6.54 Å². The molecule has 1 aromatic rings. The average molecular weight is 273 g/mol. The summed E-state index contributed by atoms with van der Waals surface area (Å²) < 4.78 is 0. The number of hydrogen-bond acceptors (Lipinski definition) is 5. The van der Waals surface area contributed by atoms with Crippen LogP contribution in [0.25, 0.3) is 0 Å². The zero-order valence-electron chi connectivity index (χ0n) is 10.7. The van der Waals surface area contributed by atoms with E-state index in [2.05, 4.69) is 4.98 Å². The van der Waals surface area contributed by atoms with E-state index in [1.807, 2.05) is 37.0 Å². The minimum absolute atomic E-state index is 0.121. The van der Waals surface area contributed by atoms with E-state index in [0.717, 1.165) is 5.56 Å². The Morgan fingerprint density at radius 3 is 2.56 bits per heavy atom. The number of nitrogens with zero attached hydrogens (tertiary/aromatic N) is 4. The minimum Gasteiger partial charge on any atom is -0.289 e. The van der Waals surface area contributed by atoms with Crippen molar-refractivity contribution < 1.29 is 4.92 Å². The normalized spacial score (nSPS) is 13.0. The Morgan fingerprint density at radius 1 is 1.44 bits per heavy atom. The van der Waals surface area contributed by atoms with Crippen molar-refractivity contribution in [3.05, 3.63) is 39.2 Å². The molecule has 0 amide bonds. The van der Waals surface area contributed by atoms with Crippen LogP contribution >= 0.6 is 11.6 Å². The quantitative estimate of drug-likeness (QED) is 0.338. The molecule has 0 bridgehead atoms. The Kier molecular flexibility index (Phi) is 5.46. The van der Waals surface area contributed by atoms with Crippen LogP contribution in [0.2, 0.25) is 5.15 Å². The van der Waals surface area contributed by atoms with Crippen LogP contribution in [-0.2, 0) is 6.54 Å². The lowest BCUT2D eigenvalue weighted by Crippen LogP contribution is -2.46. The maximum atomic E-state index is 10.6. The molecule has 0 aliphatic carbocycles. The van der Waals surface area contributed by atoms with Gasteiger partial charge in [0.25, 0.3) is 0 Å². The monoisotopic (exact) mass is 272 g/mol. The summed E-state index contributed by atoms with van der Waals surface area (Å²) in [6.45, 7) is 0.464. The van der Waals surface area contributed by atoms with Gasteiger partial charge in [-0.1, -0.05) is 17.7 Å². The lowest BCUT2D eigenvalue weighted by molar-refractivity contribution is -0.491. The van der Waals surface area contributed by atoms with E-state index in [1.54, 1.807) is 12.3 Å². The fourth-order valence-electron chi connectivity index (χ4n) is 1.72. The molecule has 1 unspecified atom stereocenters. The number of aromatic nitrogens is 1. The van der Waals surface area contributed by atoms with E-state index in [4.69, 9.17) is 11.6 Å². The number of likely N-dealkylation sites (N-methyl/N-ethyl adjacent to an activating group) is 2. The molecule has 0 spiro atoms. The maximum absolute atomic E-state index is 10.6. The SMILES string of the molecule is CN(C)C(C[N+](=O)[O-])N(C)Cc1ccc(Cl)nc1. The largest absolute Gasteiger partial charge is 0.289 e. The van der Waals surface area contributed by atoms with Gasteiger partial charge >= 0.3 is 0 Å². The smallest absolute Gasteiger partial charge is 0.232 e. The second-order valence-electron chi connectivity index (χ2n) is 4.36. The second-order valence-corrected chi connectivity index (χ2v) is 4.75. The summed E-state index contributed by atoms with van der Waals surface area (Å²) in [5.74, 6) is 0. The molecule has 0 N–H and O–H groups in total. The van der Waals surface area contributed by atoms with E-state index >= 15 is 0 Å². The van der Waals surface area contributed by atoms with Crippen molar-refractivity contribution in [1.29, 1.82) is 0 Å². The lowest BCUT2D eigenvalue weighted by Gasteiger charge is -2.30. The molecule has 0 radical (unpaired) electrons. The van der Waals surface area contributed by atoms with Crippen LogP contribution in [0.5, 0.6) is 0 Å². The fraction of sp³-hybridized carbons (Fsp3) is 0.545. The Balaban J connectivity index is 2.68. The zero-order valence-corrected chi connectivity index (χ0v) is 11.5. The highest BCUT2D eigenvalue weighted by molar-refractivity contribution is 6.29. The van der Waals surface area contributed by atoms with Crippen molar-refractivity contribution in [2.24, 2.45) is 0 Å². The van der Waals surface area contributed by atoms with Crippen LogP contribution in [0.15, 0.2) is 18.3 Å². The summed E-state index contributed by atoms with van der Waals surface area (Å²) >= 11 is 5.71. The molecule has 7 heteroatoms. The first kappa shape index (κ1) is 14.8. The highest BCUT2D eigenvalue weighted by Crippen LogP contribution is 2.10. The van der Waals surface area contributed by atoms with Gasteiger partial charge in [-0.15, -0.1) is 0 Å². The Morgan fingerprint density at radius 2 is 2.11 bits per heavy atom. The van der Waals surface area contributed by atoms with Gasteiger partial charge in [-0.25, -0.2) is 4.98 Å². The van der Waals surface area contributed by atoms with E-state index in [0.29, 0.717) is 11.7 Å². The lowest BCUT2D eigenvalue weighted by atomic mass is 10.2. The molecular weight excluding hydrogens is 256 g/mol. The molecule has 1 atom stereocenters. The van der Waals surface area contributed by atoms with Gasteiger partial charge in [-0.2, -0.15) is 0 Å². The van der Waals surface area contributed by atoms with Crippen LogP contribution in [0, 0.1) is 10.1 Å². The number of hydrogen-bond donors (Lipinski definition) is 0. The summed E-state index contributed by atoms with van der Waals surface area (Å²) in [5.41, 5.74) is 0.970. The first-order valence-corrected chi connectivity index (χ1v) is 5.87. The molecule has 0 aliphatic rings. The fourth-order valence-corrected chi connectivity index (χ4v) is 1.84. The van der Waals surface area contributed by atoms with E-state index < -0.39 is 0 Å². The van der Waals surface area contributed by atoms with Crippen molar-refractivity contribution in [3.63, 3.8) is 0 Å². The molecule has 1 heterocycles. The minimum atomic E-state index is -0.304. The van der Waals surface area contributed by atoms with Crippen molar-refractivity contribution in [3.8, 4) is 0 Å². The summed E-state index contributed by atoms with van der Waals surface area (Å²) in [5, 5.41) is 11.1. The van der Waals surface area contributed by atoms with Crippen LogP contribution in [0.1, 0.15) is 5.56 Å². The van der Waals surface area contributed by atoms with Gasteiger partial charge in [-0.05, 0) is 32.8 Å². The van der Waals surface area contributed by atoms with Gasteiger partial charge < -0.3 is 0 Å². The average Bonchev–Trinajstić information content (AvgIpc) is 2.28. The summed E-state index contributed by atoms with van der Waals surface area (Å²) in [7, 11) is 5.50.